The Hall–Kier alpha value is -2.00. The van der Waals surface area contributed by atoms with Crippen LogP contribution in [0.4, 0.5) is 5.95 Å². The fourth-order valence-electron chi connectivity index (χ4n) is 1.07. The Morgan fingerprint density at radius 3 is 2.94 bits per heavy atom. The Morgan fingerprint density at radius 2 is 2.19 bits per heavy atom. The molecule has 9 nitrogen and oxygen atoms in total. The third kappa shape index (κ3) is 1.99. The maximum atomic E-state index is 9.12. The van der Waals surface area contributed by atoms with Crippen LogP contribution in [-0.2, 0) is 0 Å². The molecule has 86 valence electrons. The number of aliphatic hydroxyl groups excluding tert-OH is 2. The first-order valence-corrected chi connectivity index (χ1v) is 4.46. The number of nitrogens with two attached hydrogens (primary N) is 1. The van der Waals surface area contributed by atoms with Gasteiger partial charge in [0, 0.05) is 0 Å². The molecule has 0 fully saturated rings. The average Bonchev–Trinajstić information content (AvgIpc) is 2.73. The lowest BCUT2D eigenvalue weighted by molar-refractivity contribution is 0.0526. The molecule has 0 aliphatic carbocycles. The van der Waals surface area contributed by atoms with Crippen LogP contribution in [0.1, 0.15) is 0 Å². The Morgan fingerprint density at radius 1 is 1.38 bits per heavy atom. The monoisotopic (exact) mass is 226 g/mol. The number of H-pyrrole nitrogens is 1. The predicted octanol–water partition coefficient (Wildman–Crippen LogP) is -1.94. The number of nitrogen functional groups attached to an aromatic ring is 1. The number of nitrogens with zero attached hydrogens (tertiary/aromatic N) is 4. The second-order valence-corrected chi connectivity index (χ2v) is 3.03. The lowest BCUT2D eigenvalue weighted by Crippen LogP contribution is -2.21. The first-order chi connectivity index (χ1) is 7.70. The number of aromatic amines is 1. The molecule has 0 spiro atoms. The fraction of sp³-hybridized carbons (Fsp3) is 0.429. The minimum Gasteiger partial charge on any atom is -0.473 e. The highest BCUT2D eigenvalue weighted by Crippen LogP contribution is 2.18. The normalized spacial score (nSPS) is 12.9. The summed E-state index contributed by atoms with van der Waals surface area (Å²) in [6, 6.07) is 0. The number of fused-ring (bicyclic) bond motifs is 1. The standard InChI is InChI=1S/C7H10N6O3/c8-7-9-5-4(11-13-12-5)6(10-7)16-2-3(15)1-14/h3,14-15H,1-2H2,(H3,8,9,10,11,12,13). The smallest absolute Gasteiger partial charge is 0.249 e. The summed E-state index contributed by atoms with van der Waals surface area (Å²) >= 11 is 0. The molecule has 2 rings (SSSR count). The first-order valence-electron chi connectivity index (χ1n) is 4.46. The minimum atomic E-state index is -0.988. The number of aliphatic hydroxyl groups is 2. The van der Waals surface area contributed by atoms with E-state index in [-0.39, 0.29) is 24.1 Å². The van der Waals surface area contributed by atoms with E-state index in [1.165, 1.54) is 0 Å². The van der Waals surface area contributed by atoms with Crippen LogP contribution in [0.25, 0.3) is 11.2 Å². The van der Waals surface area contributed by atoms with Gasteiger partial charge in [0.1, 0.15) is 12.7 Å². The first kappa shape index (κ1) is 10.5. The van der Waals surface area contributed by atoms with E-state index in [2.05, 4.69) is 25.4 Å². The van der Waals surface area contributed by atoms with Crippen LogP contribution in [0, 0.1) is 0 Å². The molecule has 2 heterocycles. The van der Waals surface area contributed by atoms with Crippen molar-refractivity contribution in [3.8, 4) is 5.88 Å². The molecule has 2 aromatic heterocycles. The zero-order chi connectivity index (χ0) is 11.5. The quantitative estimate of drug-likeness (QED) is 0.471. The van der Waals surface area contributed by atoms with E-state index < -0.39 is 12.7 Å². The van der Waals surface area contributed by atoms with Crippen LogP contribution in [0.15, 0.2) is 0 Å². The third-order valence-electron chi connectivity index (χ3n) is 1.79. The Kier molecular flexibility index (Phi) is 2.79. The highest BCUT2D eigenvalue weighted by atomic mass is 16.5. The summed E-state index contributed by atoms with van der Waals surface area (Å²) in [4.78, 5) is 7.62. The van der Waals surface area contributed by atoms with E-state index >= 15 is 0 Å². The number of anilines is 1. The van der Waals surface area contributed by atoms with Gasteiger partial charge in [0.15, 0.2) is 5.52 Å². The number of hydrogen-bond acceptors (Lipinski definition) is 8. The topological polar surface area (TPSA) is 143 Å². The number of hydrogen-bond donors (Lipinski definition) is 4. The second kappa shape index (κ2) is 4.24. The summed E-state index contributed by atoms with van der Waals surface area (Å²) in [6.45, 7) is -0.516. The molecule has 0 aromatic carbocycles. The Labute approximate surface area is 89.3 Å². The molecular formula is C7H10N6O3. The third-order valence-corrected chi connectivity index (χ3v) is 1.79. The molecule has 2 aromatic rings. The summed E-state index contributed by atoms with van der Waals surface area (Å²) in [7, 11) is 0. The van der Waals surface area contributed by atoms with Crippen molar-refractivity contribution in [1.29, 1.82) is 0 Å². The van der Waals surface area contributed by atoms with E-state index in [0.717, 1.165) is 0 Å². The van der Waals surface area contributed by atoms with Crippen LogP contribution in [0.3, 0.4) is 0 Å². The Balaban J connectivity index is 2.25. The van der Waals surface area contributed by atoms with Crippen molar-refractivity contribution < 1.29 is 14.9 Å². The molecule has 16 heavy (non-hydrogen) atoms. The van der Waals surface area contributed by atoms with E-state index in [1.54, 1.807) is 0 Å². The highest BCUT2D eigenvalue weighted by Gasteiger charge is 2.12. The van der Waals surface area contributed by atoms with Crippen LogP contribution >= 0.6 is 0 Å². The van der Waals surface area contributed by atoms with Crippen molar-refractivity contribution in [3.05, 3.63) is 0 Å². The predicted molar refractivity (Wildman–Crippen MR) is 52.5 cm³/mol. The molecule has 5 N–H and O–H groups in total. The van der Waals surface area contributed by atoms with E-state index in [4.69, 9.17) is 20.7 Å². The van der Waals surface area contributed by atoms with Gasteiger partial charge in [-0.05, 0) is 0 Å². The van der Waals surface area contributed by atoms with Crippen LogP contribution in [-0.4, -0.2) is 54.9 Å². The van der Waals surface area contributed by atoms with Crippen molar-refractivity contribution in [1.82, 2.24) is 25.4 Å². The van der Waals surface area contributed by atoms with Gasteiger partial charge in [0.2, 0.25) is 17.5 Å². The molecule has 9 heteroatoms. The van der Waals surface area contributed by atoms with Crippen LogP contribution in [0.5, 0.6) is 5.88 Å². The van der Waals surface area contributed by atoms with Gasteiger partial charge in [-0.25, -0.2) is 0 Å². The SMILES string of the molecule is Nc1nc(OCC(O)CO)c2n[nH]nc2n1. The van der Waals surface area contributed by atoms with Gasteiger partial charge in [-0.3, -0.25) is 0 Å². The maximum absolute atomic E-state index is 9.12. The average molecular weight is 226 g/mol. The lowest BCUT2D eigenvalue weighted by Gasteiger charge is -2.08. The van der Waals surface area contributed by atoms with Crippen molar-refractivity contribution in [2.45, 2.75) is 6.10 Å². The van der Waals surface area contributed by atoms with Crippen molar-refractivity contribution in [2.24, 2.45) is 0 Å². The van der Waals surface area contributed by atoms with Gasteiger partial charge in [-0.1, -0.05) is 0 Å². The molecule has 1 atom stereocenters. The molecule has 0 saturated heterocycles. The summed E-state index contributed by atoms with van der Waals surface area (Å²) in [5.74, 6) is 0.110. The van der Waals surface area contributed by atoms with Gasteiger partial charge in [-0.2, -0.15) is 15.2 Å². The maximum Gasteiger partial charge on any atom is 0.249 e. The largest absolute Gasteiger partial charge is 0.473 e. The number of ether oxygens (including phenoxy) is 1. The molecule has 0 bridgehead atoms. The number of rotatable bonds is 4. The summed E-state index contributed by atoms with van der Waals surface area (Å²) in [6.07, 6.45) is -0.988. The molecule has 0 aliphatic rings. The molecule has 0 aliphatic heterocycles. The van der Waals surface area contributed by atoms with Crippen molar-refractivity contribution in [3.63, 3.8) is 0 Å². The molecule has 0 saturated carbocycles. The molecule has 0 amide bonds. The summed E-state index contributed by atoms with van der Waals surface area (Å²) < 4.78 is 5.15. The fourth-order valence-corrected chi connectivity index (χ4v) is 1.07. The zero-order valence-corrected chi connectivity index (χ0v) is 8.16. The van der Waals surface area contributed by atoms with Crippen molar-refractivity contribution in [2.75, 3.05) is 18.9 Å². The van der Waals surface area contributed by atoms with Crippen molar-refractivity contribution >= 4 is 17.1 Å². The second-order valence-electron chi connectivity index (χ2n) is 3.03. The van der Waals surface area contributed by atoms with Gasteiger partial charge in [0.05, 0.1) is 6.61 Å². The van der Waals surface area contributed by atoms with Gasteiger partial charge < -0.3 is 20.7 Å². The van der Waals surface area contributed by atoms with E-state index in [0.29, 0.717) is 5.52 Å². The zero-order valence-electron chi connectivity index (χ0n) is 8.16. The van der Waals surface area contributed by atoms with Crippen LogP contribution in [0.2, 0.25) is 0 Å². The van der Waals surface area contributed by atoms with Gasteiger partial charge >= 0.3 is 0 Å². The van der Waals surface area contributed by atoms with Gasteiger partial charge in [-0.15, -0.1) is 10.2 Å². The van der Waals surface area contributed by atoms with Crippen LogP contribution < -0.4 is 10.5 Å². The van der Waals surface area contributed by atoms with E-state index in [1.807, 2.05) is 0 Å². The molecule has 0 radical (unpaired) electrons. The molecular weight excluding hydrogens is 216 g/mol. The number of aromatic nitrogens is 5. The highest BCUT2D eigenvalue weighted by molar-refractivity contribution is 5.75. The summed E-state index contributed by atoms with van der Waals surface area (Å²) in [5.41, 5.74) is 6.02. The van der Waals surface area contributed by atoms with E-state index in [9.17, 15) is 0 Å². The summed E-state index contributed by atoms with van der Waals surface area (Å²) in [5, 5.41) is 27.6. The minimum absolute atomic E-state index is 0.00473. The van der Waals surface area contributed by atoms with Gasteiger partial charge in [0.25, 0.3) is 0 Å². The number of nitrogens with one attached hydrogen (secondary N) is 1. The Bertz CT molecular complexity index is 486. The lowest BCUT2D eigenvalue weighted by atomic mass is 10.4. The molecule has 1 unspecified atom stereocenters.